The van der Waals surface area contributed by atoms with Gasteiger partial charge in [0.2, 0.25) is 5.91 Å². The molecule has 1 N–H and O–H groups in total. The molecule has 0 radical (unpaired) electrons. The van der Waals surface area contributed by atoms with Crippen LogP contribution in [-0.2, 0) is 14.3 Å². The van der Waals surface area contributed by atoms with E-state index in [9.17, 15) is 9.59 Å². The normalized spacial score (nSPS) is 20.8. The van der Waals surface area contributed by atoms with Crippen LogP contribution in [0, 0.1) is 0 Å². The average molecular weight is 242 g/mol. The number of hydrogen-bond donors (Lipinski definition) is 1. The number of hydrogen-bond acceptors (Lipinski definition) is 4. The molecule has 1 saturated heterocycles. The summed E-state index contributed by atoms with van der Waals surface area (Å²) in [5, 5.41) is 3.22. The number of esters is 1. The minimum Gasteiger partial charge on any atom is -0.465 e. The van der Waals surface area contributed by atoms with Crippen LogP contribution in [0.25, 0.3) is 0 Å². The van der Waals surface area contributed by atoms with E-state index in [0.29, 0.717) is 13.2 Å². The van der Waals surface area contributed by atoms with Crippen LogP contribution >= 0.6 is 0 Å². The number of ether oxygens (including phenoxy) is 1. The highest BCUT2D eigenvalue weighted by Gasteiger charge is 2.30. The van der Waals surface area contributed by atoms with Gasteiger partial charge in [-0.25, -0.2) is 0 Å². The van der Waals surface area contributed by atoms with E-state index in [1.165, 1.54) is 0 Å². The van der Waals surface area contributed by atoms with Crippen LogP contribution in [0.5, 0.6) is 0 Å². The van der Waals surface area contributed by atoms with E-state index < -0.39 is 0 Å². The second-order valence-corrected chi connectivity index (χ2v) is 4.58. The highest BCUT2D eigenvalue weighted by Crippen LogP contribution is 2.12. The van der Waals surface area contributed by atoms with Crippen molar-refractivity contribution in [3.63, 3.8) is 0 Å². The Kier molecular flexibility index (Phi) is 5.41. The van der Waals surface area contributed by atoms with Crippen molar-refractivity contribution in [2.45, 2.75) is 45.7 Å². The molecular formula is C12H22N2O3. The lowest BCUT2D eigenvalue weighted by atomic mass is 10.0. The second-order valence-electron chi connectivity index (χ2n) is 4.58. The molecule has 1 aliphatic rings. The summed E-state index contributed by atoms with van der Waals surface area (Å²) >= 11 is 0. The van der Waals surface area contributed by atoms with Crippen LogP contribution in [-0.4, -0.2) is 48.6 Å². The zero-order valence-corrected chi connectivity index (χ0v) is 10.9. The lowest BCUT2D eigenvalue weighted by molar-refractivity contribution is -0.150. The Bertz CT molecular complexity index is 279. The first-order chi connectivity index (χ1) is 8.04. The SMILES string of the molecule is CCOC(=O)CN1CCCC(NC(C)C)C1=O. The van der Waals surface area contributed by atoms with Crippen LogP contribution in [0.15, 0.2) is 0 Å². The summed E-state index contributed by atoms with van der Waals surface area (Å²) in [5.41, 5.74) is 0. The quantitative estimate of drug-likeness (QED) is 0.715. The summed E-state index contributed by atoms with van der Waals surface area (Å²) in [6, 6.07) is 0.115. The monoisotopic (exact) mass is 242 g/mol. The average Bonchev–Trinajstić information content (AvgIpc) is 2.23. The summed E-state index contributed by atoms with van der Waals surface area (Å²) in [7, 11) is 0. The summed E-state index contributed by atoms with van der Waals surface area (Å²) in [6.07, 6.45) is 1.77. The number of likely N-dealkylation sites (tertiary alicyclic amines) is 1. The van der Waals surface area contributed by atoms with Gasteiger partial charge in [-0.2, -0.15) is 0 Å². The molecule has 0 bridgehead atoms. The molecule has 17 heavy (non-hydrogen) atoms. The number of carbonyl (C=O) groups is 2. The Morgan fingerprint density at radius 2 is 2.29 bits per heavy atom. The molecule has 1 aliphatic heterocycles. The first-order valence-corrected chi connectivity index (χ1v) is 6.25. The van der Waals surface area contributed by atoms with E-state index in [0.717, 1.165) is 12.8 Å². The van der Waals surface area contributed by atoms with Crippen molar-refractivity contribution in [1.82, 2.24) is 10.2 Å². The molecule has 0 aromatic rings. The Balaban J connectivity index is 2.50. The number of carbonyl (C=O) groups excluding carboxylic acids is 2. The fraction of sp³-hybridized carbons (Fsp3) is 0.833. The van der Waals surface area contributed by atoms with Gasteiger partial charge in [0.25, 0.3) is 0 Å². The smallest absolute Gasteiger partial charge is 0.325 e. The molecule has 5 heteroatoms. The van der Waals surface area contributed by atoms with E-state index >= 15 is 0 Å². The highest BCUT2D eigenvalue weighted by atomic mass is 16.5. The molecule has 0 spiro atoms. The summed E-state index contributed by atoms with van der Waals surface area (Å²) in [4.78, 5) is 25.0. The first-order valence-electron chi connectivity index (χ1n) is 6.25. The zero-order valence-electron chi connectivity index (χ0n) is 10.9. The Hall–Kier alpha value is -1.10. The van der Waals surface area contributed by atoms with Gasteiger partial charge in [0, 0.05) is 12.6 Å². The maximum atomic E-state index is 12.1. The molecule has 1 heterocycles. The molecule has 0 aromatic heterocycles. The third-order valence-corrected chi connectivity index (χ3v) is 2.69. The molecule has 98 valence electrons. The molecule has 1 atom stereocenters. The van der Waals surface area contributed by atoms with Gasteiger partial charge < -0.3 is 15.0 Å². The van der Waals surface area contributed by atoms with Crippen molar-refractivity contribution >= 4 is 11.9 Å². The Morgan fingerprint density at radius 1 is 1.59 bits per heavy atom. The Morgan fingerprint density at radius 3 is 2.88 bits per heavy atom. The molecular weight excluding hydrogens is 220 g/mol. The Labute approximate surface area is 102 Å². The number of rotatable bonds is 5. The molecule has 0 aliphatic carbocycles. The number of nitrogens with one attached hydrogen (secondary N) is 1. The van der Waals surface area contributed by atoms with Crippen molar-refractivity contribution in [2.75, 3.05) is 19.7 Å². The van der Waals surface area contributed by atoms with Gasteiger partial charge in [0.15, 0.2) is 0 Å². The summed E-state index contributed by atoms with van der Waals surface area (Å²) < 4.78 is 4.86. The zero-order chi connectivity index (χ0) is 12.8. The fourth-order valence-corrected chi connectivity index (χ4v) is 2.02. The van der Waals surface area contributed by atoms with Crippen molar-refractivity contribution in [3.8, 4) is 0 Å². The van der Waals surface area contributed by atoms with E-state index in [2.05, 4.69) is 5.32 Å². The van der Waals surface area contributed by atoms with Crippen molar-refractivity contribution in [1.29, 1.82) is 0 Å². The summed E-state index contributed by atoms with van der Waals surface area (Å²) in [5.74, 6) is -0.316. The van der Waals surface area contributed by atoms with E-state index in [-0.39, 0.29) is 30.5 Å². The van der Waals surface area contributed by atoms with Gasteiger partial charge in [0.1, 0.15) is 6.54 Å². The van der Waals surface area contributed by atoms with Crippen molar-refractivity contribution in [3.05, 3.63) is 0 Å². The fourth-order valence-electron chi connectivity index (χ4n) is 2.02. The van der Waals surface area contributed by atoms with E-state index in [4.69, 9.17) is 4.74 Å². The van der Waals surface area contributed by atoms with E-state index in [1.54, 1.807) is 11.8 Å². The molecule has 1 amide bonds. The van der Waals surface area contributed by atoms with Gasteiger partial charge in [-0.3, -0.25) is 9.59 Å². The highest BCUT2D eigenvalue weighted by molar-refractivity contribution is 5.86. The van der Waals surface area contributed by atoms with Crippen LogP contribution in [0.4, 0.5) is 0 Å². The van der Waals surface area contributed by atoms with Gasteiger partial charge in [-0.15, -0.1) is 0 Å². The molecule has 5 nitrogen and oxygen atoms in total. The standard InChI is InChI=1S/C12H22N2O3/c1-4-17-11(15)8-14-7-5-6-10(12(14)16)13-9(2)3/h9-10,13H,4-8H2,1-3H3. The van der Waals surface area contributed by atoms with Crippen LogP contribution in [0.3, 0.4) is 0 Å². The molecule has 1 rings (SSSR count). The van der Waals surface area contributed by atoms with E-state index in [1.807, 2.05) is 13.8 Å². The van der Waals surface area contributed by atoms with Gasteiger partial charge in [-0.05, 0) is 19.8 Å². The van der Waals surface area contributed by atoms with Crippen molar-refractivity contribution in [2.24, 2.45) is 0 Å². The lowest BCUT2D eigenvalue weighted by Crippen LogP contribution is -2.53. The first kappa shape index (κ1) is 14.0. The topological polar surface area (TPSA) is 58.6 Å². The van der Waals surface area contributed by atoms with Crippen LogP contribution in [0.2, 0.25) is 0 Å². The van der Waals surface area contributed by atoms with Gasteiger partial charge in [-0.1, -0.05) is 13.8 Å². The number of piperidine rings is 1. The van der Waals surface area contributed by atoms with Gasteiger partial charge in [0.05, 0.1) is 12.6 Å². The number of nitrogens with zero attached hydrogens (tertiary/aromatic N) is 1. The third kappa shape index (κ3) is 4.34. The van der Waals surface area contributed by atoms with Crippen LogP contribution < -0.4 is 5.32 Å². The maximum Gasteiger partial charge on any atom is 0.325 e. The molecule has 1 unspecified atom stereocenters. The second kappa shape index (κ2) is 6.59. The molecule has 1 fully saturated rings. The molecule has 0 aromatic carbocycles. The maximum absolute atomic E-state index is 12.1. The predicted molar refractivity (Wildman–Crippen MR) is 64.5 cm³/mol. The minimum atomic E-state index is -0.328. The van der Waals surface area contributed by atoms with Crippen LogP contribution in [0.1, 0.15) is 33.6 Å². The van der Waals surface area contributed by atoms with Gasteiger partial charge >= 0.3 is 5.97 Å². The largest absolute Gasteiger partial charge is 0.465 e. The molecule has 0 saturated carbocycles. The minimum absolute atomic E-state index is 0.0120. The summed E-state index contributed by atoms with van der Waals surface area (Å²) in [6.45, 7) is 6.86. The lowest BCUT2D eigenvalue weighted by Gasteiger charge is -2.32. The predicted octanol–water partition coefficient (Wildman–Crippen LogP) is 0.539. The number of amides is 1. The van der Waals surface area contributed by atoms with Crippen molar-refractivity contribution < 1.29 is 14.3 Å². The third-order valence-electron chi connectivity index (χ3n) is 2.69.